The Labute approximate surface area is 142 Å². The highest BCUT2D eigenvalue weighted by atomic mass is 35.5. The minimum Gasteiger partial charge on any atom is -0.467 e. The van der Waals surface area contributed by atoms with E-state index in [-0.39, 0.29) is 5.78 Å². The fourth-order valence-corrected chi connectivity index (χ4v) is 3.43. The number of hydrogen-bond donors (Lipinski definition) is 2. The summed E-state index contributed by atoms with van der Waals surface area (Å²) in [6.07, 6.45) is 1.67. The van der Waals surface area contributed by atoms with Crippen LogP contribution in [0.25, 0.3) is 10.9 Å². The first-order chi connectivity index (χ1) is 11.6. The van der Waals surface area contributed by atoms with Crippen molar-refractivity contribution in [2.24, 2.45) is 0 Å². The number of para-hydroxylation sites is 1. The van der Waals surface area contributed by atoms with Crippen LogP contribution in [0.3, 0.4) is 0 Å². The molecule has 0 fully saturated rings. The molecule has 2 N–H and O–H groups in total. The molecule has 5 nitrogen and oxygen atoms in total. The Balaban J connectivity index is 2.00. The molecule has 1 unspecified atom stereocenters. The summed E-state index contributed by atoms with van der Waals surface area (Å²) in [4.78, 5) is 28.9. The maximum atomic E-state index is 13.2. The van der Waals surface area contributed by atoms with Crippen molar-refractivity contribution in [1.29, 1.82) is 0 Å². The SMILES string of the molecule is COC(=O)C1(c2c[nH]c3ccccc23)Nc2cc(Cl)ccc2C1=O. The lowest BCUT2D eigenvalue weighted by Gasteiger charge is -2.25. The third-order valence-electron chi connectivity index (χ3n) is 4.37. The Morgan fingerprint density at radius 1 is 1.21 bits per heavy atom. The van der Waals surface area contributed by atoms with E-state index in [4.69, 9.17) is 16.3 Å². The van der Waals surface area contributed by atoms with Gasteiger partial charge in [-0.05, 0) is 24.3 Å². The van der Waals surface area contributed by atoms with E-state index in [9.17, 15) is 9.59 Å². The molecular formula is C18H13ClN2O3. The summed E-state index contributed by atoms with van der Waals surface area (Å²) in [7, 11) is 1.27. The van der Waals surface area contributed by atoms with Crippen LogP contribution in [0.2, 0.25) is 5.02 Å². The number of carbonyl (C=O) groups is 2. The lowest BCUT2D eigenvalue weighted by molar-refractivity contribution is -0.144. The number of carbonyl (C=O) groups excluding carboxylic acids is 2. The van der Waals surface area contributed by atoms with Gasteiger partial charge in [-0.2, -0.15) is 0 Å². The number of ketones is 1. The van der Waals surface area contributed by atoms with Gasteiger partial charge in [0.2, 0.25) is 11.3 Å². The molecule has 0 amide bonds. The van der Waals surface area contributed by atoms with Gasteiger partial charge in [0.15, 0.2) is 0 Å². The number of fused-ring (bicyclic) bond motifs is 2. The van der Waals surface area contributed by atoms with Gasteiger partial charge in [-0.15, -0.1) is 0 Å². The van der Waals surface area contributed by atoms with Gasteiger partial charge in [0.05, 0.1) is 7.11 Å². The normalized spacial score (nSPS) is 19.2. The van der Waals surface area contributed by atoms with Crippen LogP contribution in [0.1, 0.15) is 15.9 Å². The topological polar surface area (TPSA) is 71.2 Å². The summed E-state index contributed by atoms with van der Waals surface area (Å²) in [5, 5.41) is 4.32. The van der Waals surface area contributed by atoms with E-state index in [0.717, 1.165) is 10.9 Å². The Kier molecular flexibility index (Phi) is 3.15. The molecule has 3 aromatic rings. The lowest BCUT2D eigenvalue weighted by atomic mass is 9.85. The van der Waals surface area contributed by atoms with Crippen LogP contribution in [0.15, 0.2) is 48.7 Å². The molecule has 0 aliphatic carbocycles. The zero-order valence-corrected chi connectivity index (χ0v) is 13.5. The summed E-state index contributed by atoms with van der Waals surface area (Å²) < 4.78 is 4.97. The number of H-pyrrole nitrogens is 1. The molecule has 0 bridgehead atoms. The number of halogens is 1. The maximum Gasteiger partial charge on any atom is 0.344 e. The zero-order chi connectivity index (χ0) is 16.9. The number of ether oxygens (including phenoxy) is 1. The van der Waals surface area contributed by atoms with Gasteiger partial charge in [0, 0.05) is 38.9 Å². The number of anilines is 1. The van der Waals surface area contributed by atoms with E-state index in [1.165, 1.54) is 7.11 Å². The number of aromatic nitrogens is 1. The van der Waals surface area contributed by atoms with Gasteiger partial charge in [-0.1, -0.05) is 29.8 Å². The summed E-state index contributed by atoms with van der Waals surface area (Å²) in [6.45, 7) is 0. The Morgan fingerprint density at radius 2 is 2.00 bits per heavy atom. The van der Waals surface area contributed by atoms with Gasteiger partial charge >= 0.3 is 5.97 Å². The molecule has 120 valence electrons. The highest BCUT2D eigenvalue weighted by molar-refractivity contribution is 6.32. The van der Waals surface area contributed by atoms with E-state index in [1.807, 2.05) is 24.3 Å². The molecule has 2 heterocycles. The second-order valence-corrected chi connectivity index (χ2v) is 6.07. The fraction of sp³-hybridized carbons (Fsp3) is 0.111. The van der Waals surface area contributed by atoms with Crippen molar-refractivity contribution in [3.05, 3.63) is 64.8 Å². The third kappa shape index (κ3) is 1.82. The third-order valence-corrected chi connectivity index (χ3v) is 4.61. The Hall–Kier alpha value is -2.79. The second-order valence-electron chi connectivity index (χ2n) is 5.63. The molecule has 0 spiro atoms. The second kappa shape index (κ2) is 5.11. The van der Waals surface area contributed by atoms with Crippen LogP contribution in [0.4, 0.5) is 5.69 Å². The summed E-state index contributed by atoms with van der Waals surface area (Å²) in [5.74, 6) is -1.02. The molecule has 24 heavy (non-hydrogen) atoms. The van der Waals surface area contributed by atoms with E-state index in [1.54, 1.807) is 24.4 Å². The number of rotatable bonds is 2. The van der Waals surface area contributed by atoms with E-state index >= 15 is 0 Å². The van der Waals surface area contributed by atoms with E-state index < -0.39 is 11.5 Å². The fourth-order valence-electron chi connectivity index (χ4n) is 3.26. The van der Waals surface area contributed by atoms with Crippen molar-refractivity contribution in [2.45, 2.75) is 5.54 Å². The Bertz CT molecular complexity index is 995. The molecule has 1 aliphatic heterocycles. The lowest BCUT2D eigenvalue weighted by Crippen LogP contribution is -2.47. The molecule has 1 aliphatic rings. The van der Waals surface area contributed by atoms with Gasteiger partial charge in [0.25, 0.3) is 0 Å². The van der Waals surface area contributed by atoms with Gasteiger partial charge in [-0.3, -0.25) is 4.79 Å². The number of nitrogens with one attached hydrogen (secondary N) is 2. The molecule has 6 heteroatoms. The molecule has 1 atom stereocenters. The Morgan fingerprint density at radius 3 is 2.79 bits per heavy atom. The monoisotopic (exact) mass is 340 g/mol. The van der Waals surface area contributed by atoms with Crippen LogP contribution >= 0.6 is 11.6 Å². The first kappa shape index (κ1) is 14.8. The number of Topliss-reactive ketones (excluding diaryl/α,β-unsaturated/α-hetero) is 1. The van der Waals surface area contributed by atoms with E-state index in [0.29, 0.717) is 21.8 Å². The van der Waals surface area contributed by atoms with Crippen molar-refractivity contribution in [3.8, 4) is 0 Å². The van der Waals surface area contributed by atoms with Crippen LogP contribution in [0.5, 0.6) is 0 Å². The summed E-state index contributed by atoms with van der Waals surface area (Å²) in [5.41, 5.74) is 0.668. The highest BCUT2D eigenvalue weighted by Crippen LogP contribution is 2.43. The van der Waals surface area contributed by atoms with Crippen molar-refractivity contribution in [2.75, 3.05) is 12.4 Å². The average Bonchev–Trinajstić information content (AvgIpc) is 3.14. The molecule has 0 saturated carbocycles. The maximum absolute atomic E-state index is 13.2. The predicted octanol–water partition coefficient (Wildman–Crippen LogP) is 3.50. The quantitative estimate of drug-likeness (QED) is 0.553. The van der Waals surface area contributed by atoms with E-state index in [2.05, 4.69) is 10.3 Å². The smallest absolute Gasteiger partial charge is 0.344 e. The van der Waals surface area contributed by atoms with Crippen LogP contribution in [0, 0.1) is 0 Å². The largest absolute Gasteiger partial charge is 0.467 e. The van der Waals surface area contributed by atoms with Crippen LogP contribution < -0.4 is 5.32 Å². The average molecular weight is 341 g/mol. The molecular weight excluding hydrogens is 328 g/mol. The number of aromatic amines is 1. The van der Waals surface area contributed by atoms with Crippen LogP contribution in [-0.4, -0.2) is 23.8 Å². The predicted molar refractivity (Wildman–Crippen MR) is 91.4 cm³/mol. The minimum atomic E-state index is -1.62. The molecule has 2 aromatic carbocycles. The summed E-state index contributed by atoms with van der Waals surface area (Å²) >= 11 is 6.02. The molecule has 0 saturated heterocycles. The first-order valence-corrected chi connectivity index (χ1v) is 7.73. The zero-order valence-electron chi connectivity index (χ0n) is 12.7. The molecule has 4 rings (SSSR count). The van der Waals surface area contributed by atoms with Gasteiger partial charge < -0.3 is 15.0 Å². The minimum absolute atomic E-state index is 0.356. The summed E-state index contributed by atoms with van der Waals surface area (Å²) in [6, 6.07) is 12.4. The number of methoxy groups -OCH3 is 1. The van der Waals surface area contributed by atoms with Crippen molar-refractivity contribution in [1.82, 2.24) is 4.98 Å². The highest BCUT2D eigenvalue weighted by Gasteiger charge is 2.55. The van der Waals surface area contributed by atoms with Crippen LogP contribution in [-0.2, 0) is 15.1 Å². The number of benzene rings is 2. The number of esters is 1. The molecule has 0 radical (unpaired) electrons. The standard InChI is InChI=1S/C18H13ClN2O3/c1-24-17(23)18(13-9-20-14-5-3-2-4-11(13)14)16(22)12-7-6-10(19)8-15(12)21-18/h2-9,20-21H,1H3. The van der Waals surface area contributed by atoms with Crippen molar-refractivity contribution >= 4 is 39.9 Å². The first-order valence-electron chi connectivity index (χ1n) is 7.35. The van der Waals surface area contributed by atoms with Gasteiger partial charge in [-0.25, -0.2) is 4.79 Å². The van der Waals surface area contributed by atoms with Crippen molar-refractivity contribution < 1.29 is 14.3 Å². The molecule has 1 aromatic heterocycles. The number of hydrogen-bond acceptors (Lipinski definition) is 4. The van der Waals surface area contributed by atoms with Crippen molar-refractivity contribution in [3.63, 3.8) is 0 Å². The van der Waals surface area contributed by atoms with Gasteiger partial charge in [0.1, 0.15) is 0 Å².